The highest BCUT2D eigenvalue weighted by Crippen LogP contribution is 2.73. The van der Waals surface area contributed by atoms with Gasteiger partial charge in [-0.3, -0.25) is 14.4 Å². The Hall–Kier alpha value is -1.75. The first-order valence-electron chi connectivity index (χ1n) is 11.5. The molecule has 5 nitrogen and oxygen atoms in total. The molecule has 0 saturated heterocycles. The Morgan fingerprint density at radius 1 is 1.19 bits per heavy atom. The lowest BCUT2D eigenvalue weighted by atomic mass is 9.62. The van der Waals surface area contributed by atoms with E-state index in [1.165, 1.54) is 0 Å². The molecule has 2 fully saturated rings. The number of carbonyl (C=O) groups is 3. The molecular formula is C26H38O5. The zero-order valence-corrected chi connectivity index (χ0v) is 20.3. The molecule has 3 aliphatic rings. The average molecular weight is 431 g/mol. The van der Waals surface area contributed by atoms with Gasteiger partial charge in [0, 0.05) is 6.42 Å². The van der Waals surface area contributed by atoms with Gasteiger partial charge in [-0.2, -0.15) is 0 Å². The lowest BCUT2D eigenvalue weighted by Crippen LogP contribution is -2.50. The van der Waals surface area contributed by atoms with Crippen molar-refractivity contribution in [3.8, 4) is 0 Å². The van der Waals surface area contributed by atoms with Gasteiger partial charge in [-0.15, -0.1) is 0 Å². The maximum absolute atomic E-state index is 14.1. The average Bonchev–Trinajstić information content (AvgIpc) is 2.97. The summed E-state index contributed by atoms with van der Waals surface area (Å²) in [6.07, 6.45) is 2.85. The molecule has 31 heavy (non-hydrogen) atoms. The SMILES string of the molecule is CC(C)=CCC12C[C@H]3C(C)(C)C(C(C)(C)O)C[C@]3(C1=O)C(O)=C(C(=O)CC(C)C)C2=O. The molecule has 0 radical (unpaired) electrons. The van der Waals surface area contributed by atoms with Crippen LogP contribution in [0, 0.1) is 34.0 Å². The third-order valence-corrected chi connectivity index (χ3v) is 8.21. The maximum atomic E-state index is 14.1. The molecular weight excluding hydrogens is 392 g/mol. The molecule has 172 valence electrons. The van der Waals surface area contributed by atoms with E-state index in [1.54, 1.807) is 13.8 Å². The van der Waals surface area contributed by atoms with Crippen LogP contribution < -0.4 is 0 Å². The van der Waals surface area contributed by atoms with Crippen LogP contribution in [0.25, 0.3) is 0 Å². The molecule has 4 atom stereocenters. The van der Waals surface area contributed by atoms with E-state index in [0.29, 0.717) is 6.42 Å². The zero-order chi connectivity index (χ0) is 23.7. The normalized spacial score (nSPS) is 34.4. The highest BCUT2D eigenvalue weighted by molar-refractivity contribution is 6.32. The van der Waals surface area contributed by atoms with Gasteiger partial charge in [0.2, 0.25) is 0 Å². The van der Waals surface area contributed by atoms with Crippen LogP contribution in [0.5, 0.6) is 0 Å². The molecule has 2 saturated carbocycles. The Morgan fingerprint density at radius 3 is 2.26 bits per heavy atom. The molecule has 3 rings (SSSR count). The Labute approximate surface area is 186 Å². The van der Waals surface area contributed by atoms with Gasteiger partial charge in [0.05, 0.1) is 16.4 Å². The number of aliphatic hydroxyl groups excluding tert-OH is 1. The summed E-state index contributed by atoms with van der Waals surface area (Å²) in [6, 6.07) is 0. The van der Waals surface area contributed by atoms with Gasteiger partial charge < -0.3 is 10.2 Å². The highest BCUT2D eigenvalue weighted by Gasteiger charge is 2.78. The van der Waals surface area contributed by atoms with E-state index < -0.39 is 27.6 Å². The Morgan fingerprint density at radius 2 is 1.77 bits per heavy atom. The quantitative estimate of drug-likeness (QED) is 0.361. The molecule has 3 aliphatic carbocycles. The first kappa shape index (κ1) is 23.9. The van der Waals surface area contributed by atoms with Crippen molar-refractivity contribution in [3.05, 3.63) is 23.0 Å². The third kappa shape index (κ3) is 3.18. The van der Waals surface area contributed by atoms with E-state index in [2.05, 4.69) is 0 Å². The van der Waals surface area contributed by atoms with Crippen LogP contribution in [0.2, 0.25) is 0 Å². The molecule has 1 spiro atoms. The molecule has 2 bridgehead atoms. The van der Waals surface area contributed by atoms with Crippen LogP contribution in [0.15, 0.2) is 23.0 Å². The van der Waals surface area contributed by atoms with Gasteiger partial charge in [0.1, 0.15) is 11.3 Å². The standard InChI is InChI=1S/C26H38O5/c1-14(2)9-10-25-12-18-23(5,6)17(24(7,8)31)13-26(18,22(25)30)21(29)19(20(25)28)16(27)11-15(3)4/h9,15,17-18,29,31H,10-13H2,1-8H3/t17?,18-,25?,26+/m0/s1. The van der Waals surface area contributed by atoms with Crippen molar-refractivity contribution in [1.29, 1.82) is 0 Å². The van der Waals surface area contributed by atoms with Gasteiger partial charge in [-0.05, 0) is 70.1 Å². The zero-order valence-electron chi connectivity index (χ0n) is 20.3. The van der Waals surface area contributed by atoms with Crippen molar-refractivity contribution in [3.63, 3.8) is 0 Å². The van der Waals surface area contributed by atoms with E-state index >= 15 is 0 Å². The maximum Gasteiger partial charge on any atom is 0.183 e. The number of rotatable bonds is 6. The Bertz CT molecular complexity index is 893. The van der Waals surface area contributed by atoms with E-state index in [9.17, 15) is 24.6 Å². The summed E-state index contributed by atoms with van der Waals surface area (Å²) < 4.78 is 0. The molecule has 0 aliphatic heterocycles. The number of fused-ring (bicyclic) bond motifs is 1. The fourth-order valence-electron chi connectivity index (χ4n) is 6.84. The van der Waals surface area contributed by atoms with Gasteiger partial charge in [0.15, 0.2) is 17.3 Å². The summed E-state index contributed by atoms with van der Waals surface area (Å²) in [5.41, 5.74) is -3.30. The largest absolute Gasteiger partial charge is 0.510 e. The highest BCUT2D eigenvalue weighted by atomic mass is 16.3. The van der Waals surface area contributed by atoms with Gasteiger partial charge >= 0.3 is 0 Å². The Kier molecular flexibility index (Phi) is 5.50. The fourth-order valence-corrected chi connectivity index (χ4v) is 6.84. The number of aliphatic hydroxyl groups is 2. The van der Waals surface area contributed by atoms with Crippen molar-refractivity contribution in [1.82, 2.24) is 0 Å². The number of hydrogen-bond acceptors (Lipinski definition) is 5. The monoisotopic (exact) mass is 430 g/mol. The number of hydrogen-bond donors (Lipinski definition) is 2. The lowest BCUT2D eigenvalue weighted by Gasteiger charge is -2.40. The van der Waals surface area contributed by atoms with Crippen LogP contribution in [-0.4, -0.2) is 33.2 Å². The molecule has 0 heterocycles. The summed E-state index contributed by atoms with van der Waals surface area (Å²) in [5.74, 6) is -2.02. The van der Waals surface area contributed by atoms with Crippen LogP contribution in [0.4, 0.5) is 0 Å². The molecule has 0 aromatic carbocycles. The van der Waals surface area contributed by atoms with E-state index in [0.717, 1.165) is 5.57 Å². The lowest BCUT2D eigenvalue weighted by molar-refractivity contribution is -0.144. The van der Waals surface area contributed by atoms with E-state index in [1.807, 2.05) is 47.6 Å². The molecule has 2 N–H and O–H groups in total. The predicted octanol–water partition coefficient (Wildman–Crippen LogP) is 4.73. The topological polar surface area (TPSA) is 91.7 Å². The number of allylic oxidation sites excluding steroid dienone is 4. The predicted molar refractivity (Wildman–Crippen MR) is 119 cm³/mol. The van der Waals surface area contributed by atoms with Crippen molar-refractivity contribution >= 4 is 17.3 Å². The third-order valence-electron chi connectivity index (χ3n) is 8.21. The number of Topliss-reactive ketones (excluding diaryl/α,β-unsaturated/α-hetero) is 3. The molecule has 2 unspecified atom stereocenters. The number of ketones is 3. The van der Waals surface area contributed by atoms with E-state index in [4.69, 9.17) is 0 Å². The fraction of sp³-hybridized carbons (Fsp3) is 0.731. The van der Waals surface area contributed by atoms with Crippen molar-refractivity contribution in [2.75, 3.05) is 0 Å². The molecule has 0 amide bonds. The summed E-state index contributed by atoms with van der Waals surface area (Å²) >= 11 is 0. The molecule has 0 aromatic rings. The van der Waals surface area contributed by atoms with Crippen molar-refractivity contribution in [2.24, 2.45) is 34.0 Å². The first-order valence-corrected chi connectivity index (χ1v) is 11.5. The van der Waals surface area contributed by atoms with E-state index in [-0.39, 0.29) is 59.9 Å². The smallest absolute Gasteiger partial charge is 0.183 e. The van der Waals surface area contributed by atoms with Crippen molar-refractivity contribution < 1.29 is 24.6 Å². The van der Waals surface area contributed by atoms with Gasteiger partial charge in [-0.1, -0.05) is 39.3 Å². The van der Waals surface area contributed by atoms with Crippen LogP contribution in [0.1, 0.15) is 81.1 Å². The summed E-state index contributed by atoms with van der Waals surface area (Å²) in [4.78, 5) is 40.9. The number of carbonyl (C=O) groups excluding carboxylic acids is 3. The Balaban J connectivity index is 2.28. The second-order valence-corrected chi connectivity index (χ2v) is 11.9. The first-order chi connectivity index (χ1) is 14.0. The second kappa shape index (κ2) is 7.13. The van der Waals surface area contributed by atoms with Crippen molar-refractivity contribution in [2.45, 2.75) is 86.7 Å². The minimum atomic E-state index is -1.31. The van der Waals surface area contributed by atoms with Gasteiger partial charge in [-0.25, -0.2) is 0 Å². The minimum absolute atomic E-state index is 0.0297. The second-order valence-electron chi connectivity index (χ2n) is 11.9. The van der Waals surface area contributed by atoms with Crippen LogP contribution >= 0.6 is 0 Å². The summed E-state index contributed by atoms with van der Waals surface area (Å²) in [6.45, 7) is 15.1. The summed E-state index contributed by atoms with van der Waals surface area (Å²) in [5, 5.41) is 22.4. The molecule has 5 heteroatoms. The van der Waals surface area contributed by atoms with Crippen LogP contribution in [0.3, 0.4) is 0 Å². The van der Waals surface area contributed by atoms with Crippen LogP contribution in [-0.2, 0) is 14.4 Å². The van der Waals surface area contributed by atoms with Gasteiger partial charge in [0.25, 0.3) is 0 Å². The summed E-state index contributed by atoms with van der Waals surface area (Å²) in [7, 11) is 0. The minimum Gasteiger partial charge on any atom is -0.510 e. The molecule has 0 aromatic heterocycles.